The predicted molar refractivity (Wildman–Crippen MR) is 42.7 cm³/mol. The first-order valence-corrected chi connectivity index (χ1v) is 5.08. The van der Waals surface area contributed by atoms with Crippen LogP contribution >= 0.6 is 15.9 Å². The van der Waals surface area contributed by atoms with Gasteiger partial charge < -0.3 is 0 Å². The highest BCUT2D eigenvalue weighted by Crippen LogP contribution is 2.48. The SMILES string of the molecule is BrC[C@H]1C[C@@H]2CC[C@@H]1C2. The standard InChI is InChI=1S/C8H13Br/c9-5-8-4-6-1-2-7(8)3-6/h6-8H,1-5H2/t6-,7-,8-/m1/s1. The molecule has 2 bridgehead atoms. The van der Waals surface area contributed by atoms with Crippen molar-refractivity contribution in [3.63, 3.8) is 0 Å². The fourth-order valence-corrected chi connectivity index (χ4v) is 3.36. The van der Waals surface area contributed by atoms with Crippen LogP contribution in [0.1, 0.15) is 25.7 Å². The third-order valence-corrected chi connectivity index (χ3v) is 3.91. The Morgan fingerprint density at radius 3 is 2.44 bits per heavy atom. The summed E-state index contributed by atoms with van der Waals surface area (Å²) in [5.74, 6) is 3.27. The maximum absolute atomic E-state index is 3.58. The second kappa shape index (κ2) is 2.26. The van der Waals surface area contributed by atoms with Crippen molar-refractivity contribution in [2.45, 2.75) is 25.7 Å². The van der Waals surface area contributed by atoms with E-state index in [9.17, 15) is 0 Å². The summed E-state index contributed by atoms with van der Waals surface area (Å²) in [7, 11) is 0. The van der Waals surface area contributed by atoms with Gasteiger partial charge in [-0.05, 0) is 37.0 Å². The van der Waals surface area contributed by atoms with Crippen LogP contribution in [-0.2, 0) is 0 Å². The Morgan fingerprint density at radius 1 is 1.22 bits per heavy atom. The zero-order chi connectivity index (χ0) is 6.27. The fraction of sp³-hybridized carbons (Fsp3) is 1.00. The van der Waals surface area contributed by atoms with Crippen molar-refractivity contribution in [2.24, 2.45) is 17.8 Å². The van der Waals surface area contributed by atoms with Gasteiger partial charge in [-0.25, -0.2) is 0 Å². The van der Waals surface area contributed by atoms with Crippen LogP contribution in [0.5, 0.6) is 0 Å². The van der Waals surface area contributed by atoms with Crippen LogP contribution in [0.2, 0.25) is 0 Å². The van der Waals surface area contributed by atoms with E-state index in [-0.39, 0.29) is 0 Å². The molecule has 9 heavy (non-hydrogen) atoms. The minimum absolute atomic E-state index is 1.05. The molecule has 0 aromatic heterocycles. The molecule has 0 aliphatic heterocycles. The largest absolute Gasteiger partial charge is 0.0925 e. The number of hydrogen-bond donors (Lipinski definition) is 0. The highest BCUT2D eigenvalue weighted by atomic mass is 79.9. The molecule has 1 heteroatoms. The number of fused-ring (bicyclic) bond motifs is 2. The summed E-state index contributed by atoms with van der Waals surface area (Å²) in [5, 5.41) is 1.26. The first-order valence-electron chi connectivity index (χ1n) is 3.96. The second-order valence-corrected chi connectivity index (χ2v) is 4.24. The van der Waals surface area contributed by atoms with Gasteiger partial charge in [0.15, 0.2) is 0 Å². The average molecular weight is 189 g/mol. The van der Waals surface area contributed by atoms with Crippen LogP contribution in [0.3, 0.4) is 0 Å². The normalized spacial score (nSPS) is 48.3. The van der Waals surface area contributed by atoms with Crippen LogP contribution in [0, 0.1) is 17.8 Å². The fourth-order valence-electron chi connectivity index (χ4n) is 2.57. The van der Waals surface area contributed by atoms with E-state index in [1.54, 1.807) is 6.42 Å². The molecular weight excluding hydrogens is 176 g/mol. The van der Waals surface area contributed by atoms with Crippen molar-refractivity contribution < 1.29 is 0 Å². The zero-order valence-corrected chi connectivity index (χ0v) is 7.23. The second-order valence-electron chi connectivity index (χ2n) is 3.59. The molecule has 0 amide bonds. The van der Waals surface area contributed by atoms with Gasteiger partial charge in [0.2, 0.25) is 0 Å². The monoisotopic (exact) mass is 188 g/mol. The van der Waals surface area contributed by atoms with Crippen LogP contribution in [0.15, 0.2) is 0 Å². The maximum atomic E-state index is 3.58. The molecule has 3 atom stereocenters. The predicted octanol–water partition coefficient (Wildman–Crippen LogP) is 2.82. The van der Waals surface area contributed by atoms with Gasteiger partial charge in [-0.3, -0.25) is 0 Å². The van der Waals surface area contributed by atoms with Gasteiger partial charge in [-0.15, -0.1) is 0 Å². The number of halogens is 1. The van der Waals surface area contributed by atoms with Gasteiger partial charge in [-0.1, -0.05) is 22.4 Å². The summed E-state index contributed by atoms with van der Waals surface area (Å²) in [6, 6.07) is 0. The number of alkyl halides is 1. The Balaban J connectivity index is 2.01. The molecule has 2 aliphatic carbocycles. The molecule has 2 saturated carbocycles. The highest BCUT2D eigenvalue weighted by molar-refractivity contribution is 9.09. The lowest BCUT2D eigenvalue weighted by atomic mass is 9.91. The molecule has 0 radical (unpaired) electrons. The molecule has 0 nitrogen and oxygen atoms in total. The van der Waals surface area contributed by atoms with Gasteiger partial charge in [0.05, 0.1) is 0 Å². The Morgan fingerprint density at radius 2 is 2.11 bits per heavy atom. The lowest BCUT2D eigenvalue weighted by molar-refractivity contribution is 0.367. The summed E-state index contributed by atoms with van der Waals surface area (Å²) < 4.78 is 0. The number of hydrogen-bond acceptors (Lipinski definition) is 0. The van der Waals surface area contributed by atoms with Gasteiger partial charge >= 0.3 is 0 Å². The summed E-state index contributed by atoms with van der Waals surface area (Å²) in [6.45, 7) is 0. The molecule has 2 aliphatic rings. The van der Waals surface area contributed by atoms with E-state index in [4.69, 9.17) is 0 Å². The topological polar surface area (TPSA) is 0 Å². The van der Waals surface area contributed by atoms with Crippen molar-refractivity contribution in [2.75, 3.05) is 5.33 Å². The molecule has 2 fully saturated rings. The Bertz CT molecular complexity index is 111. The molecular formula is C8H13Br. The van der Waals surface area contributed by atoms with E-state index >= 15 is 0 Å². The summed E-state index contributed by atoms with van der Waals surface area (Å²) in [4.78, 5) is 0. The molecule has 0 aromatic carbocycles. The van der Waals surface area contributed by atoms with E-state index in [1.165, 1.54) is 24.6 Å². The average Bonchev–Trinajstić information content (AvgIpc) is 2.45. The van der Waals surface area contributed by atoms with E-state index in [1.807, 2.05) is 0 Å². The third kappa shape index (κ3) is 0.938. The first kappa shape index (κ1) is 6.21. The van der Waals surface area contributed by atoms with E-state index in [0.29, 0.717) is 0 Å². The highest BCUT2D eigenvalue weighted by Gasteiger charge is 2.38. The minimum Gasteiger partial charge on any atom is -0.0925 e. The smallest absolute Gasteiger partial charge is 0.00624 e. The maximum Gasteiger partial charge on any atom is 0.00624 e. The molecule has 0 unspecified atom stereocenters. The van der Waals surface area contributed by atoms with Gasteiger partial charge in [0, 0.05) is 5.33 Å². The summed E-state index contributed by atoms with van der Waals surface area (Å²) >= 11 is 3.58. The Kier molecular flexibility index (Phi) is 1.56. The van der Waals surface area contributed by atoms with Crippen molar-refractivity contribution in [3.8, 4) is 0 Å². The lowest BCUT2D eigenvalue weighted by Gasteiger charge is -2.18. The van der Waals surface area contributed by atoms with E-state index in [2.05, 4.69) is 15.9 Å². The summed E-state index contributed by atoms with van der Waals surface area (Å²) in [5.41, 5.74) is 0. The van der Waals surface area contributed by atoms with Crippen LogP contribution in [-0.4, -0.2) is 5.33 Å². The van der Waals surface area contributed by atoms with Crippen molar-refractivity contribution in [1.29, 1.82) is 0 Å². The minimum atomic E-state index is 1.05. The van der Waals surface area contributed by atoms with Gasteiger partial charge in [-0.2, -0.15) is 0 Å². The lowest BCUT2D eigenvalue weighted by Crippen LogP contribution is -2.10. The van der Waals surface area contributed by atoms with Crippen molar-refractivity contribution in [3.05, 3.63) is 0 Å². The van der Waals surface area contributed by atoms with Gasteiger partial charge in [0.1, 0.15) is 0 Å². The number of rotatable bonds is 1. The molecule has 2 rings (SSSR count). The van der Waals surface area contributed by atoms with Crippen molar-refractivity contribution >= 4 is 15.9 Å². The van der Waals surface area contributed by atoms with E-state index < -0.39 is 0 Å². The van der Waals surface area contributed by atoms with E-state index in [0.717, 1.165) is 17.8 Å². The Labute approximate surface area is 65.1 Å². The third-order valence-electron chi connectivity index (χ3n) is 3.08. The van der Waals surface area contributed by atoms with Crippen LogP contribution in [0.4, 0.5) is 0 Å². The molecule has 52 valence electrons. The molecule has 0 saturated heterocycles. The molecule has 0 spiro atoms. The van der Waals surface area contributed by atoms with Gasteiger partial charge in [0.25, 0.3) is 0 Å². The van der Waals surface area contributed by atoms with Crippen LogP contribution in [0.25, 0.3) is 0 Å². The Hall–Kier alpha value is 0.480. The quantitative estimate of drug-likeness (QED) is 0.556. The summed E-state index contributed by atoms with van der Waals surface area (Å²) in [6.07, 6.45) is 6.14. The van der Waals surface area contributed by atoms with Crippen LogP contribution < -0.4 is 0 Å². The molecule has 0 aromatic rings. The molecule has 0 N–H and O–H groups in total. The first-order chi connectivity index (χ1) is 4.40. The molecule has 0 heterocycles. The van der Waals surface area contributed by atoms with Crippen molar-refractivity contribution in [1.82, 2.24) is 0 Å². The zero-order valence-electron chi connectivity index (χ0n) is 5.65.